The molecule has 5 nitrogen and oxygen atoms in total. The maximum absolute atomic E-state index is 6.46. The Morgan fingerprint density at radius 2 is 0.530 bits per heavy atom. The number of fused-ring (bicyclic) bond motifs is 24. The van der Waals surface area contributed by atoms with Crippen molar-refractivity contribution in [2.24, 2.45) is 0 Å². The number of furan rings is 3. The first-order chi connectivity index (χ1) is 73.1. The number of rotatable bonds is 11. The topological polar surface area (TPSA) is 68.7 Å². The molecule has 0 atom stereocenters. The van der Waals surface area contributed by atoms with E-state index in [1.165, 1.54) is 181 Å². The zero-order chi connectivity index (χ0) is 98.8. The van der Waals surface area contributed by atoms with Crippen molar-refractivity contribution in [3.63, 3.8) is 0 Å². The van der Waals surface area contributed by atoms with Gasteiger partial charge in [-0.15, -0.1) is 0 Å². The molecule has 2 aliphatic rings. The van der Waals surface area contributed by atoms with Crippen LogP contribution in [0.2, 0.25) is 0 Å². The molecule has 25 aromatic carbocycles. The van der Waals surface area contributed by atoms with E-state index in [0.717, 1.165) is 87.8 Å². The summed E-state index contributed by atoms with van der Waals surface area (Å²) in [5.74, 6) is 0. The van der Waals surface area contributed by atoms with Crippen LogP contribution in [0.4, 0.5) is 22.7 Å². The predicted octanol–water partition coefficient (Wildman–Crippen LogP) is 39.9. The van der Waals surface area contributed by atoms with Crippen molar-refractivity contribution in [3.05, 3.63) is 611 Å². The molecule has 0 spiro atoms. The lowest BCUT2D eigenvalue weighted by molar-refractivity contribution is 0.668. The van der Waals surface area contributed by atoms with Crippen LogP contribution < -0.4 is 10.6 Å². The van der Waals surface area contributed by atoms with E-state index >= 15 is 0 Å². The number of para-hydroxylation sites is 3. The molecule has 2 N–H and O–H groups in total. The van der Waals surface area contributed by atoms with Gasteiger partial charge in [0.15, 0.2) is 0 Å². The fraction of sp³-hybridized carbons (Fsp3) is 0.0282. The molecule has 0 bridgehead atoms. The van der Waals surface area contributed by atoms with Gasteiger partial charge in [0.2, 0.25) is 0 Å². The van der Waals surface area contributed by atoms with E-state index in [-0.39, 0.29) is 12.8 Å². The Morgan fingerprint density at radius 1 is 0.208 bits per heavy atom. The van der Waals surface area contributed by atoms with Crippen molar-refractivity contribution >= 4 is 185 Å². The molecule has 28 aromatic rings. The van der Waals surface area contributed by atoms with Gasteiger partial charge in [-0.25, -0.2) is 0 Å². The number of nitrogens with two attached hydrogens (primary N) is 1. The van der Waals surface area contributed by atoms with Crippen molar-refractivity contribution in [2.45, 2.75) is 24.7 Å². The SMILES string of the molecule is Brc1ccc(-c2ccc3c(c2)C(c2ccccc2)(c2ccccc2)c2ccccc2-3)cc1.Brc1ccc2c(c1)oc1ccccc12.C.Nc1cc2ccccc2c2ccccc12.c1ccc(C2(c3ccccc3)c3ccccc3-c3ccc(-c4ccc(N(c5ccc6c(c5)oc5ccccc56)c5cc6ccccc6c6ccccc56)cc4)cc32)cc1.c1ccc2c(c1)cc(Cc1ccc3c(c1)oc1ccccc13)c1ccccc12. The second kappa shape index (κ2) is 39.2. The number of nitrogen functional groups attached to an aromatic ring is 1. The van der Waals surface area contributed by atoms with Crippen LogP contribution in [0.5, 0.6) is 0 Å². The Kier molecular flexibility index (Phi) is 24.2. The van der Waals surface area contributed by atoms with E-state index < -0.39 is 5.41 Å². The molecule has 149 heavy (non-hydrogen) atoms. The number of halogens is 2. The molecule has 0 unspecified atom stereocenters. The molecule has 3 aromatic heterocycles. The molecular weight excluding hydrogens is 1940 g/mol. The van der Waals surface area contributed by atoms with Crippen molar-refractivity contribution in [2.75, 3.05) is 10.6 Å². The first kappa shape index (κ1) is 92.2. The first-order valence-electron chi connectivity index (χ1n) is 50.3. The molecule has 0 aliphatic heterocycles. The summed E-state index contributed by atoms with van der Waals surface area (Å²) < 4.78 is 20.4. The fourth-order valence-electron chi connectivity index (χ4n) is 23.4. The maximum Gasteiger partial charge on any atom is 0.137 e. The van der Waals surface area contributed by atoms with Crippen LogP contribution in [-0.4, -0.2) is 0 Å². The van der Waals surface area contributed by atoms with Crippen LogP contribution in [0, 0.1) is 0 Å². The van der Waals surface area contributed by atoms with Gasteiger partial charge in [0.1, 0.15) is 33.5 Å². The van der Waals surface area contributed by atoms with Gasteiger partial charge in [-0.1, -0.05) is 476 Å². The summed E-state index contributed by atoms with van der Waals surface area (Å²) in [5, 5.41) is 21.9. The standard InChI is InChI=1S/C57H37NO.C31H21Br.C27H18O.C14H11N.C12H7BrO.CH4/c1-3-16-41(17-4-1)57(42-18-5-2-6-19-42)52-25-13-11-22-47(52)48-33-29-39(35-53(48)57)38-27-30-43(31-28-38)58(44-32-34-51-50-24-12-14-26-55(50)59-56(51)37-44)54-36-40-15-7-8-20-45(40)46-21-9-10-23-49(46)54;32-26-18-15-22(16-19-26)23-17-20-28-27-13-7-8-14-29(27)31(30(28)21-23,24-9-3-1-4-10-24)25-11-5-2-6-12-25;1-2-8-21-19(7-1)17-20(22-9-3-4-10-23(21)22)15-18-13-14-25-24-11-5-6-12-26(24)28-27(25)16-18;15-14-9-10-5-1-2-6-11(10)12-7-3-4-8-13(12)14;13-8-5-6-10-9-3-1-2-4-11(9)14-12(10)7-8;/h1-37H;1-21H;1-14,16-17H,15H2;1-9H,15H2;1-7H;1H4. The quantitative estimate of drug-likeness (QED) is 0.103. The molecule has 0 saturated heterocycles. The van der Waals surface area contributed by atoms with Crippen molar-refractivity contribution < 1.29 is 13.3 Å². The number of nitrogens with zero attached hydrogens (tertiary/aromatic N) is 1. The van der Waals surface area contributed by atoms with Crippen LogP contribution in [0.25, 0.3) is 175 Å². The van der Waals surface area contributed by atoms with Crippen LogP contribution in [0.15, 0.2) is 568 Å². The molecule has 0 amide bonds. The smallest absolute Gasteiger partial charge is 0.137 e. The van der Waals surface area contributed by atoms with Crippen LogP contribution in [0.3, 0.4) is 0 Å². The first-order valence-corrected chi connectivity index (χ1v) is 51.9. The van der Waals surface area contributed by atoms with Gasteiger partial charge in [-0.2, -0.15) is 0 Å². The largest absolute Gasteiger partial charge is 0.456 e. The lowest BCUT2D eigenvalue weighted by Gasteiger charge is -2.34. The number of anilines is 4. The average Bonchev–Trinajstić information content (AvgIpc) is 1.54. The maximum atomic E-state index is 6.46. The normalized spacial score (nSPS) is 12.3. The van der Waals surface area contributed by atoms with Crippen molar-refractivity contribution in [3.8, 4) is 44.5 Å². The van der Waals surface area contributed by atoms with Gasteiger partial charge < -0.3 is 23.9 Å². The van der Waals surface area contributed by atoms with Gasteiger partial charge >= 0.3 is 0 Å². The average molecular weight is 2040 g/mol. The summed E-state index contributed by atoms with van der Waals surface area (Å²) in [6, 6.07) is 195. The zero-order valence-electron chi connectivity index (χ0n) is 80.7. The third kappa shape index (κ3) is 16.4. The van der Waals surface area contributed by atoms with E-state index in [0.29, 0.717) is 0 Å². The molecule has 708 valence electrons. The summed E-state index contributed by atoms with van der Waals surface area (Å²) in [7, 11) is 0. The molecule has 0 fully saturated rings. The number of benzene rings is 25. The molecule has 0 radical (unpaired) electrons. The minimum Gasteiger partial charge on any atom is -0.456 e. The number of hydrogen-bond donors (Lipinski definition) is 1. The molecule has 3 heterocycles. The van der Waals surface area contributed by atoms with E-state index in [1.54, 1.807) is 0 Å². The Labute approximate surface area is 881 Å². The fourth-order valence-corrected chi connectivity index (χ4v) is 24.0. The summed E-state index contributed by atoms with van der Waals surface area (Å²) >= 11 is 7.00. The van der Waals surface area contributed by atoms with E-state index in [4.69, 9.17) is 19.0 Å². The zero-order valence-corrected chi connectivity index (χ0v) is 83.8. The monoisotopic (exact) mass is 2040 g/mol. The van der Waals surface area contributed by atoms with Crippen molar-refractivity contribution in [1.29, 1.82) is 0 Å². The highest BCUT2D eigenvalue weighted by atomic mass is 79.9. The highest BCUT2D eigenvalue weighted by molar-refractivity contribution is 9.10. The highest BCUT2D eigenvalue weighted by Gasteiger charge is 2.48. The van der Waals surface area contributed by atoms with Crippen molar-refractivity contribution in [1.82, 2.24) is 0 Å². The molecule has 7 heteroatoms. The lowest BCUT2D eigenvalue weighted by Crippen LogP contribution is -2.28. The molecular formula is C142H98Br2N2O3. The van der Waals surface area contributed by atoms with E-state index in [9.17, 15) is 0 Å². The Balaban J connectivity index is 0.000000107. The van der Waals surface area contributed by atoms with Gasteiger partial charge in [-0.05, 0) is 264 Å². The van der Waals surface area contributed by atoms with Gasteiger partial charge in [0.25, 0.3) is 0 Å². The molecule has 0 saturated carbocycles. The third-order valence-corrected chi connectivity index (χ3v) is 31.0. The van der Waals surface area contributed by atoms with E-state index in [1.807, 2.05) is 78.9 Å². The predicted molar refractivity (Wildman–Crippen MR) is 635 cm³/mol. The van der Waals surface area contributed by atoms with E-state index in [2.05, 4.69) is 504 Å². The lowest BCUT2D eigenvalue weighted by atomic mass is 9.67. The summed E-state index contributed by atoms with van der Waals surface area (Å²) in [6.45, 7) is 0. The second-order valence-corrected chi connectivity index (χ2v) is 40.1. The number of hydrogen-bond acceptors (Lipinski definition) is 5. The minimum absolute atomic E-state index is 0. The summed E-state index contributed by atoms with van der Waals surface area (Å²) in [4.78, 5) is 2.39. The van der Waals surface area contributed by atoms with Crippen LogP contribution in [-0.2, 0) is 17.3 Å². The Hall–Kier alpha value is -18.0. The van der Waals surface area contributed by atoms with Gasteiger partial charge in [0, 0.05) is 75.2 Å². The summed E-state index contributed by atoms with van der Waals surface area (Å²) in [5.41, 5.74) is 37.9. The highest BCUT2D eigenvalue weighted by Crippen LogP contribution is 2.60. The van der Waals surface area contributed by atoms with Gasteiger partial charge in [-0.3, -0.25) is 0 Å². The summed E-state index contributed by atoms with van der Waals surface area (Å²) in [6.07, 6.45) is 0.887. The Morgan fingerprint density at radius 3 is 1.01 bits per heavy atom. The minimum atomic E-state index is -0.451. The second-order valence-electron chi connectivity index (χ2n) is 38.3. The Bertz CT molecular complexity index is 9870. The third-order valence-electron chi connectivity index (χ3n) is 30.0. The van der Waals surface area contributed by atoms with Gasteiger partial charge in [0.05, 0.1) is 16.5 Å². The molecule has 30 rings (SSSR count). The van der Waals surface area contributed by atoms with Crippen LogP contribution in [0.1, 0.15) is 63.1 Å². The molecule has 2 aliphatic carbocycles. The van der Waals surface area contributed by atoms with Crippen LogP contribution >= 0.6 is 31.9 Å².